The molecule has 23 heavy (non-hydrogen) atoms. The minimum absolute atomic E-state index is 0.290. The molecule has 0 radical (unpaired) electrons. The summed E-state index contributed by atoms with van der Waals surface area (Å²) in [6.07, 6.45) is 0. The molecule has 0 nitrogen and oxygen atoms in total. The van der Waals surface area contributed by atoms with Crippen molar-refractivity contribution in [2.45, 2.75) is 0 Å². The predicted octanol–water partition coefficient (Wildman–Crippen LogP) is 7.59. The van der Waals surface area contributed by atoms with Crippen LogP contribution in [0.15, 0.2) is 68.0 Å². The lowest BCUT2D eigenvalue weighted by atomic mass is 10.0. The molecule has 3 rings (SSSR count). The second-order valence-electron chi connectivity index (χ2n) is 4.95. The van der Waals surface area contributed by atoms with Crippen molar-refractivity contribution in [2.75, 3.05) is 0 Å². The summed E-state index contributed by atoms with van der Waals surface area (Å²) < 4.78 is 28.9. The Balaban J connectivity index is 2.07. The van der Waals surface area contributed by atoms with Gasteiger partial charge < -0.3 is 0 Å². The average Bonchev–Trinajstić information content (AvgIpc) is 2.52. The van der Waals surface area contributed by atoms with Crippen LogP contribution in [0.2, 0.25) is 0 Å². The maximum Gasteiger partial charge on any atom is 0.137 e. The van der Waals surface area contributed by atoms with Crippen molar-refractivity contribution in [3.63, 3.8) is 0 Å². The van der Waals surface area contributed by atoms with Crippen molar-refractivity contribution in [3.8, 4) is 22.3 Å². The first-order valence-electron chi connectivity index (χ1n) is 6.66. The third-order valence-electron chi connectivity index (χ3n) is 3.44. The number of benzene rings is 3. The molecule has 0 bridgehead atoms. The van der Waals surface area contributed by atoms with Crippen LogP contribution in [0.3, 0.4) is 0 Å². The molecule has 0 heterocycles. The van der Waals surface area contributed by atoms with Gasteiger partial charge in [0.2, 0.25) is 0 Å². The lowest BCUT2D eigenvalue weighted by Crippen LogP contribution is -1.87. The highest BCUT2D eigenvalue weighted by molar-refractivity contribution is 9.11. The van der Waals surface area contributed by atoms with E-state index < -0.39 is 0 Å². The van der Waals surface area contributed by atoms with Crippen molar-refractivity contribution in [1.29, 1.82) is 0 Å². The van der Waals surface area contributed by atoms with Gasteiger partial charge in [-0.1, -0.05) is 50.1 Å². The topological polar surface area (TPSA) is 0 Å². The average molecular weight is 503 g/mol. The quantitative estimate of drug-likeness (QED) is 0.339. The third kappa shape index (κ3) is 3.57. The lowest BCUT2D eigenvalue weighted by Gasteiger charge is -2.10. The molecule has 0 N–H and O–H groups in total. The van der Waals surface area contributed by atoms with E-state index in [1.165, 1.54) is 18.2 Å². The molecule has 0 aliphatic rings. The van der Waals surface area contributed by atoms with Crippen molar-refractivity contribution < 1.29 is 8.78 Å². The van der Waals surface area contributed by atoms with Gasteiger partial charge in [0.05, 0.1) is 4.47 Å². The largest absolute Gasteiger partial charge is 0.207 e. The lowest BCUT2D eigenvalue weighted by molar-refractivity contribution is 0.621. The van der Waals surface area contributed by atoms with Crippen LogP contribution in [0.25, 0.3) is 22.3 Å². The minimum Gasteiger partial charge on any atom is -0.207 e. The van der Waals surface area contributed by atoms with Gasteiger partial charge in [0.15, 0.2) is 0 Å². The first kappa shape index (κ1) is 16.8. The smallest absolute Gasteiger partial charge is 0.137 e. The summed E-state index contributed by atoms with van der Waals surface area (Å²) in [5, 5.41) is 0. The van der Waals surface area contributed by atoms with Gasteiger partial charge >= 0.3 is 0 Å². The molecule has 0 spiro atoms. The van der Waals surface area contributed by atoms with Crippen LogP contribution >= 0.6 is 47.8 Å². The van der Waals surface area contributed by atoms with E-state index in [0.717, 1.165) is 31.2 Å². The molecule has 0 aromatic heterocycles. The van der Waals surface area contributed by atoms with Gasteiger partial charge in [-0.3, -0.25) is 0 Å². The van der Waals surface area contributed by atoms with Gasteiger partial charge in [-0.25, -0.2) is 8.78 Å². The first-order chi connectivity index (χ1) is 11.0. The maximum atomic E-state index is 13.5. The Morgan fingerprint density at radius 1 is 0.565 bits per heavy atom. The molecule has 0 atom stereocenters. The second kappa shape index (κ2) is 6.83. The Kier molecular flexibility index (Phi) is 4.99. The molecular formula is C18H9Br3F2. The van der Waals surface area contributed by atoms with Crippen LogP contribution in [0.5, 0.6) is 0 Å². The second-order valence-corrected chi connectivity index (χ2v) is 7.51. The Hall–Kier alpha value is -1.04. The van der Waals surface area contributed by atoms with E-state index in [2.05, 4.69) is 47.8 Å². The molecule has 3 aromatic carbocycles. The predicted molar refractivity (Wildman–Crippen MR) is 100 cm³/mol. The normalized spacial score (nSPS) is 10.8. The molecule has 0 saturated carbocycles. The van der Waals surface area contributed by atoms with E-state index in [1.807, 2.05) is 18.2 Å². The number of hydrogen-bond donors (Lipinski definition) is 0. The zero-order valence-electron chi connectivity index (χ0n) is 11.6. The van der Waals surface area contributed by atoms with Crippen molar-refractivity contribution >= 4 is 47.8 Å². The van der Waals surface area contributed by atoms with Crippen molar-refractivity contribution in [2.24, 2.45) is 0 Å². The molecule has 0 aliphatic carbocycles. The fourth-order valence-corrected chi connectivity index (χ4v) is 3.72. The highest BCUT2D eigenvalue weighted by atomic mass is 79.9. The fourth-order valence-electron chi connectivity index (χ4n) is 2.29. The van der Waals surface area contributed by atoms with Gasteiger partial charge in [-0.05, 0) is 74.6 Å². The molecule has 0 unspecified atom stereocenters. The third-order valence-corrected chi connectivity index (χ3v) is 5.40. The van der Waals surface area contributed by atoms with Crippen LogP contribution < -0.4 is 0 Å². The molecule has 0 amide bonds. The van der Waals surface area contributed by atoms with Crippen molar-refractivity contribution in [3.05, 3.63) is 79.6 Å². The Morgan fingerprint density at radius 2 is 1.22 bits per heavy atom. The van der Waals surface area contributed by atoms with Gasteiger partial charge in [0.1, 0.15) is 11.6 Å². The first-order valence-corrected chi connectivity index (χ1v) is 9.04. The van der Waals surface area contributed by atoms with Crippen LogP contribution in [0.4, 0.5) is 8.78 Å². The van der Waals surface area contributed by atoms with E-state index in [1.54, 1.807) is 18.2 Å². The Bertz CT molecular complexity index is 891. The molecule has 116 valence electrons. The summed E-state index contributed by atoms with van der Waals surface area (Å²) in [6.45, 7) is 0. The van der Waals surface area contributed by atoms with Gasteiger partial charge in [0.25, 0.3) is 0 Å². The molecule has 3 aromatic rings. The summed E-state index contributed by atoms with van der Waals surface area (Å²) in [5.41, 5.74) is 3.47. The molecule has 5 heteroatoms. The zero-order chi connectivity index (χ0) is 16.6. The summed E-state index contributed by atoms with van der Waals surface area (Å²) in [4.78, 5) is 0. The monoisotopic (exact) mass is 500 g/mol. The van der Waals surface area contributed by atoms with Gasteiger partial charge in [-0.2, -0.15) is 0 Å². The minimum atomic E-state index is -0.298. The summed E-state index contributed by atoms with van der Waals surface area (Å²) in [7, 11) is 0. The molecule has 0 aliphatic heterocycles. The Labute approximate surface area is 157 Å². The number of hydrogen-bond acceptors (Lipinski definition) is 0. The van der Waals surface area contributed by atoms with Crippen LogP contribution in [0.1, 0.15) is 0 Å². The van der Waals surface area contributed by atoms with Gasteiger partial charge in [-0.15, -0.1) is 0 Å². The zero-order valence-corrected chi connectivity index (χ0v) is 16.3. The van der Waals surface area contributed by atoms with Crippen molar-refractivity contribution in [1.82, 2.24) is 0 Å². The number of halogens is 5. The van der Waals surface area contributed by atoms with E-state index in [9.17, 15) is 8.78 Å². The standard InChI is InChI=1S/C18H9Br3F2/c19-15-5-3-12(22)9-14(15)13-4-1-10(7-16(13)20)11-2-6-18(23)17(21)8-11/h1-9H. The van der Waals surface area contributed by atoms with E-state index in [0.29, 0.717) is 4.47 Å². The van der Waals surface area contributed by atoms with Crippen LogP contribution in [-0.2, 0) is 0 Å². The van der Waals surface area contributed by atoms with E-state index in [-0.39, 0.29) is 11.6 Å². The van der Waals surface area contributed by atoms with E-state index >= 15 is 0 Å². The van der Waals surface area contributed by atoms with Crippen LogP contribution in [0, 0.1) is 11.6 Å². The summed E-state index contributed by atoms with van der Waals surface area (Å²) in [6, 6.07) is 15.2. The highest BCUT2D eigenvalue weighted by Crippen LogP contribution is 2.37. The van der Waals surface area contributed by atoms with E-state index in [4.69, 9.17) is 0 Å². The molecule has 0 fully saturated rings. The SMILES string of the molecule is Fc1ccc(Br)c(-c2ccc(-c3ccc(F)c(Br)c3)cc2Br)c1. The van der Waals surface area contributed by atoms with Crippen LogP contribution in [-0.4, -0.2) is 0 Å². The fraction of sp³-hybridized carbons (Fsp3) is 0. The highest BCUT2D eigenvalue weighted by Gasteiger charge is 2.10. The molecule has 0 saturated heterocycles. The summed E-state index contributed by atoms with van der Waals surface area (Å²) >= 11 is 10.2. The number of rotatable bonds is 2. The maximum absolute atomic E-state index is 13.5. The molecular weight excluding hydrogens is 494 g/mol. The van der Waals surface area contributed by atoms with Gasteiger partial charge in [0, 0.05) is 8.95 Å². The summed E-state index contributed by atoms with van der Waals surface area (Å²) in [5.74, 6) is -0.588. The Morgan fingerprint density at radius 3 is 1.87 bits per heavy atom.